The van der Waals surface area contributed by atoms with E-state index in [9.17, 15) is 14.4 Å². The highest BCUT2D eigenvalue weighted by Gasteiger charge is 2.19. The topological polar surface area (TPSA) is 78.9 Å². The van der Waals surface area contributed by atoms with Gasteiger partial charge in [-0.05, 0) is 44.9 Å². The van der Waals surface area contributed by atoms with Crippen molar-refractivity contribution < 1.29 is 28.6 Å². The van der Waals surface area contributed by atoms with Crippen LogP contribution in [0.1, 0.15) is 290 Å². The van der Waals surface area contributed by atoms with E-state index in [2.05, 4.69) is 32.9 Å². The zero-order valence-electron chi connectivity index (χ0n) is 39.8. The molecule has 1 atom stereocenters. The van der Waals surface area contributed by atoms with Gasteiger partial charge >= 0.3 is 17.9 Å². The number of unbranched alkanes of at least 4 members (excludes halogenated alkanes) is 35. The maximum atomic E-state index is 12.7. The number of carbonyl (C=O) groups is 3. The molecule has 0 aliphatic carbocycles. The average Bonchev–Trinajstić information content (AvgIpc) is 3.23. The molecule has 0 radical (unpaired) electrons. The molecule has 0 aromatic rings. The summed E-state index contributed by atoms with van der Waals surface area (Å²) in [5, 5.41) is 0. The molecular formula is C53H100O6. The summed E-state index contributed by atoms with van der Waals surface area (Å²) in [5.74, 6) is -0.874. The predicted molar refractivity (Wildman–Crippen MR) is 252 cm³/mol. The van der Waals surface area contributed by atoms with Crippen molar-refractivity contribution in [3.05, 3.63) is 12.2 Å². The molecule has 0 rings (SSSR count). The first-order chi connectivity index (χ1) is 29.0. The highest BCUT2D eigenvalue weighted by Crippen LogP contribution is 2.17. The van der Waals surface area contributed by atoms with Crippen LogP contribution >= 0.6 is 0 Å². The van der Waals surface area contributed by atoms with Gasteiger partial charge in [0.2, 0.25) is 0 Å². The standard InChI is InChI=1S/C53H100O6/c1-4-7-10-13-16-18-20-22-23-24-25-26-27-28-29-30-32-33-35-37-40-43-46-52(55)58-49-50(48-57-51(54)45-42-39-15-12-9-6-3)59-53(56)47-44-41-38-36-34-31-21-19-17-14-11-8-5-2/h19,21,50H,4-18,20,22-49H2,1-3H3/b21-19-. The highest BCUT2D eigenvalue weighted by molar-refractivity contribution is 5.71. The quantitative estimate of drug-likeness (QED) is 0.0263. The Labute approximate surface area is 367 Å². The molecule has 0 aliphatic heterocycles. The Bertz CT molecular complexity index is 916. The molecule has 0 bridgehead atoms. The Morgan fingerprint density at radius 2 is 0.559 bits per heavy atom. The molecule has 348 valence electrons. The summed E-state index contributed by atoms with van der Waals surface area (Å²) in [6, 6.07) is 0. The lowest BCUT2D eigenvalue weighted by atomic mass is 10.0. The van der Waals surface area contributed by atoms with Gasteiger partial charge in [0.25, 0.3) is 0 Å². The maximum Gasteiger partial charge on any atom is 0.306 e. The fraction of sp³-hybridized carbons (Fsp3) is 0.906. The van der Waals surface area contributed by atoms with Gasteiger partial charge in [-0.3, -0.25) is 14.4 Å². The minimum Gasteiger partial charge on any atom is -0.462 e. The van der Waals surface area contributed by atoms with Gasteiger partial charge in [0.1, 0.15) is 13.2 Å². The van der Waals surface area contributed by atoms with Crippen molar-refractivity contribution in [2.45, 2.75) is 297 Å². The molecule has 0 amide bonds. The molecule has 1 unspecified atom stereocenters. The van der Waals surface area contributed by atoms with Gasteiger partial charge in [-0.1, -0.05) is 238 Å². The van der Waals surface area contributed by atoms with E-state index in [0.29, 0.717) is 19.3 Å². The van der Waals surface area contributed by atoms with Gasteiger partial charge in [0, 0.05) is 19.3 Å². The van der Waals surface area contributed by atoms with Crippen molar-refractivity contribution in [2.24, 2.45) is 0 Å². The number of carbonyl (C=O) groups excluding carboxylic acids is 3. The van der Waals surface area contributed by atoms with Crippen LogP contribution in [0.2, 0.25) is 0 Å². The molecule has 0 spiro atoms. The first-order valence-electron chi connectivity index (χ1n) is 26.2. The zero-order valence-corrected chi connectivity index (χ0v) is 39.8. The van der Waals surface area contributed by atoms with E-state index in [1.807, 2.05) is 0 Å². The minimum atomic E-state index is -0.766. The van der Waals surface area contributed by atoms with Crippen LogP contribution in [0.5, 0.6) is 0 Å². The fourth-order valence-electron chi connectivity index (χ4n) is 7.79. The summed E-state index contributed by atoms with van der Waals surface area (Å²) >= 11 is 0. The molecule has 0 heterocycles. The normalized spacial score (nSPS) is 12.0. The van der Waals surface area contributed by atoms with Crippen molar-refractivity contribution in [2.75, 3.05) is 13.2 Å². The van der Waals surface area contributed by atoms with Gasteiger partial charge in [-0.2, -0.15) is 0 Å². The van der Waals surface area contributed by atoms with Crippen LogP contribution in [-0.2, 0) is 28.6 Å². The van der Waals surface area contributed by atoms with Gasteiger partial charge in [0.05, 0.1) is 0 Å². The van der Waals surface area contributed by atoms with E-state index in [1.165, 1.54) is 186 Å². The summed E-state index contributed by atoms with van der Waals surface area (Å²) in [5.41, 5.74) is 0. The lowest BCUT2D eigenvalue weighted by molar-refractivity contribution is -0.167. The molecule has 0 aliphatic rings. The van der Waals surface area contributed by atoms with E-state index in [4.69, 9.17) is 14.2 Å². The van der Waals surface area contributed by atoms with E-state index < -0.39 is 6.10 Å². The molecule has 0 aromatic carbocycles. The van der Waals surface area contributed by atoms with Crippen molar-refractivity contribution in [1.29, 1.82) is 0 Å². The number of hydrogen-bond donors (Lipinski definition) is 0. The van der Waals surface area contributed by atoms with Crippen LogP contribution in [0.25, 0.3) is 0 Å². The second-order valence-electron chi connectivity index (χ2n) is 17.8. The summed E-state index contributed by atoms with van der Waals surface area (Å²) in [6.45, 7) is 6.59. The molecule has 0 fully saturated rings. The fourth-order valence-corrected chi connectivity index (χ4v) is 7.79. The molecule has 0 N–H and O–H groups in total. The molecule has 0 saturated carbocycles. The predicted octanol–water partition coefficient (Wildman–Crippen LogP) is 17.0. The van der Waals surface area contributed by atoms with Crippen LogP contribution in [0, 0.1) is 0 Å². The second-order valence-corrected chi connectivity index (χ2v) is 17.8. The van der Waals surface area contributed by atoms with Crippen molar-refractivity contribution >= 4 is 17.9 Å². The van der Waals surface area contributed by atoms with Gasteiger partial charge < -0.3 is 14.2 Å². The summed E-state index contributed by atoms with van der Waals surface area (Å²) in [4.78, 5) is 37.7. The Kier molecular flexibility index (Phi) is 47.3. The lowest BCUT2D eigenvalue weighted by Crippen LogP contribution is -2.30. The third kappa shape index (κ3) is 47.1. The Morgan fingerprint density at radius 3 is 0.864 bits per heavy atom. The molecule has 59 heavy (non-hydrogen) atoms. The Hall–Kier alpha value is -1.85. The Morgan fingerprint density at radius 1 is 0.322 bits per heavy atom. The Balaban J connectivity index is 4.09. The molecule has 6 nitrogen and oxygen atoms in total. The van der Waals surface area contributed by atoms with Crippen LogP contribution in [0.3, 0.4) is 0 Å². The zero-order chi connectivity index (χ0) is 43.0. The smallest absolute Gasteiger partial charge is 0.306 e. The van der Waals surface area contributed by atoms with Crippen molar-refractivity contribution in [3.8, 4) is 0 Å². The summed E-state index contributed by atoms with van der Waals surface area (Å²) < 4.78 is 16.7. The molecule has 6 heteroatoms. The largest absolute Gasteiger partial charge is 0.462 e. The van der Waals surface area contributed by atoms with E-state index in [-0.39, 0.29) is 31.1 Å². The highest BCUT2D eigenvalue weighted by atomic mass is 16.6. The third-order valence-corrected chi connectivity index (χ3v) is 11.8. The SMILES string of the molecule is CCCCCC/C=C\CCCCCCCC(=O)OC(COC(=O)CCCCCCCC)COC(=O)CCCCCCCCCCCCCCCCCCCCCCCC. The van der Waals surface area contributed by atoms with E-state index in [0.717, 1.165) is 64.2 Å². The number of esters is 3. The summed E-state index contributed by atoms with van der Waals surface area (Å²) in [7, 11) is 0. The van der Waals surface area contributed by atoms with Crippen LogP contribution in [0.15, 0.2) is 12.2 Å². The van der Waals surface area contributed by atoms with Gasteiger partial charge in [-0.15, -0.1) is 0 Å². The molecular weight excluding hydrogens is 733 g/mol. The molecule has 0 aromatic heterocycles. The number of hydrogen-bond acceptors (Lipinski definition) is 6. The number of ether oxygens (including phenoxy) is 3. The van der Waals surface area contributed by atoms with Gasteiger partial charge in [-0.25, -0.2) is 0 Å². The van der Waals surface area contributed by atoms with Crippen molar-refractivity contribution in [1.82, 2.24) is 0 Å². The first-order valence-corrected chi connectivity index (χ1v) is 26.2. The monoisotopic (exact) mass is 833 g/mol. The maximum absolute atomic E-state index is 12.7. The second kappa shape index (κ2) is 48.8. The molecule has 0 saturated heterocycles. The first kappa shape index (κ1) is 57.1. The van der Waals surface area contributed by atoms with E-state index >= 15 is 0 Å². The number of allylic oxidation sites excluding steroid dienone is 2. The van der Waals surface area contributed by atoms with Gasteiger partial charge in [0.15, 0.2) is 6.10 Å². The lowest BCUT2D eigenvalue weighted by Gasteiger charge is -2.18. The third-order valence-electron chi connectivity index (χ3n) is 11.8. The van der Waals surface area contributed by atoms with E-state index in [1.54, 1.807) is 0 Å². The average molecular weight is 833 g/mol. The summed E-state index contributed by atoms with van der Waals surface area (Å²) in [6.07, 6.45) is 53.7. The van der Waals surface area contributed by atoms with Crippen LogP contribution < -0.4 is 0 Å². The van der Waals surface area contributed by atoms with Crippen LogP contribution in [-0.4, -0.2) is 37.2 Å². The van der Waals surface area contributed by atoms with Crippen molar-refractivity contribution in [3.63, 3.8) is 0 Å². The number of rotatable bonds is 48. The van der Waals surface area contributed by atoms with Crippen LogP contribution in [0.4, 0.5) is 0 Å². The minimum absolute atomic E-state index is 0.0691.